The first-order valence-electron chi connectivity index (χ1n) is 6.40. The first-order chi connectivity index (χ1) is 9.78. The van der Waals surface area contributed by atoms with Gasteiger partial charge in [-0.1, -0.05) is 11.6 Å². The third-order valence-electron chi connectivity index (χ3n) is 2.09. The molecule has 0 bridgehead atoms. The maximum Gasteiger partial charge on any atom is 0.407 e. The van der Waals surface area contributed by atoms with E-state index in [1.807, 2.05) is 0 Å². The van der Waals surface area contributed by atoms with Gasteiger partial charge in [0.25, 0.3) is 0 Å². The fourth-order valence-electron chi connectivity index (χ4n) is 1.30. The van der Waals surface area contributed by atoms with Gasteiger partial charge in [-0.25, -0.2) is 14.6 Å². The SMILES string of the molecule is CC(C)(C)OC(=O)NCCNC(=O)Nc1cccnc1Cl. The van der Waals surface area contributed by atoms with Gasteiger partial charge in [0.15, 0.2) is 5.15 Å². The highest BCUT2D eigenvalue weighted by Gasteiger charge is 2.15. The summed E-state index contributed by atoms with van der Waals surface area (Å²) < 4.78 is 5.05. The molecule has 0 saturated heterocycles. The van der Waals surface area contributed by atoms with Gasteiger partial charge < -0.3 is 20.7 Å². The molecule has 0 atom stereocenters. The van der Waals surface area contributed by atoms with E-state index in [-0.39, 0.29) is 18.2 Å². The van der Waals surface area contributed by atoms with E-state index in [4.69, 9.17) is 16.3 Å². The predicted molar refractivity (Wildman–Crippen MR) is 80.5 cm³/mol. The zero-order valence-electron chi connectivity index (χ0n) is 12.2. The normalized spacial score (nSPS) is 10.7. The molecule has 0 aliphatic heterocycles. The summed E-state index contributed by atoms with van der Waals surface area (Å²) in [5, 5.41) is 7.85. The standard InChI is InChI=1S/C13H19ClN4O3/c1-13(2,3)21-12(20)17-8-7-16-11(19)18-9-5-4-6-15-10(9)14/h4-6H,7-8H2,1-3H3,(H,17,20)(H2,16,18,19). The van der Waals surface area contributed by atoms with Crippen LogP contribution in [0.4, 0.5) is 15.3 Å². The number of amides is 3. The maximum atomic E-state index is 11.6. The molecule has 0 aliphatic rings. The molecule has 1 heterocycles. The van der Waals surface area contributed by atoms with E-state index in [0.29, 0.717) is 5.69 Å². The quantitative estimate of drug-likeness (QED) is 0.587. The van der Waals surface area contributed by atoms with E-state index in [1.165, 1.54) is 6.20 Å². The zero-order chi connectivity index (χ0) is 15.9. The molecule has 1 rings (SSSR count). The largest absolute Gasteiger partial charge is 0.444 e. The molecule has 0 unspecified atom stereocenters. The van der Waals surface area contributed by atoms with Gasteiger partial charge in [0.1, 0.15) is 5.60 Å². The summed E-state index contributed by atoms with van der Waals surface area (Å²) in [7, 11) is 0. The van der Waals surface area contributed by atoms with Crippen molar-refractivity contribution in [1.29, 1.82) is 0 Å². The van der Waals surface area contributed by atoms with Crippen molar-refractivity contribution in [2.24, 2.45) is 0 Å². The van der Waals surface area contributed by atoms with Gasteiger partial charge in [0.05, 0.1) is 5.69 Å². The summed E-state index contributed by atoms with van der Waals surface area (Å²) in [4.78, 5) is 26.8. The van der Waals surface area contributed by atoms with Crippen LogP contribution in [0.2, 0.25) is 5.15 Å². The van der Waals surface area contributed by atoms with Gasteiger partial charge in [-0.15, -0.1) is 0 Å². The van der Waals surface area contributed by atoms with Crippen molar-refractivity contribution in [2.75, 3.05) is 18.4 Å². The molecule has 0 saturated carbocycles. The second-order valence-electron chi connectivity index (χ2n) is 5.15. The average Bonchev–Trinajstić information content (AvgIpc) is 2.35. The van der Waals surface area contributed by atoms with Crippen molar-refractivity contribution in [1.82, 2.24) is 15.6 Å². The molecule has 1 aromatic rings. The number of hydrogen-bond donors (Lipinski definition) is 3. The van der Waals surface area contributed by atoms with E-state index in [0.717, 1.165) is 0 Å². The maximum absolute atomic E-state index is 11.6. The second-order valence-corrected chi connectivity index (χ2v) is 5.51. The molecule has 0 spiro atoms. The Bertz CT molecular complexity index is 502. The highest BCUT2D eigenvalue weighted by molar-refractivity contribution is 6.32. The highest BCUT2D eigenvalue weighted by Crippen LogP contribution is 2.16. The van der Waals surface area contributed by atoms with Gasteiger partial charge in [0, 0.05) is 19.3 Å². The first kappa shape index (κ1) is 17.0. The topological polar surface area (TPSA) is 92.4 Å². The number of nitrogens with zero attached hydrogens (tertiary/aromatic N) is 1. The Labute approximate surface area is 128 Å². The van der Waals surface area contributed by atoms with E-state index in [1.54, 1.807) is 32.9 Å². The Morgan fingerprint density at radius 1 is 1.29 bits per heavy atom. The van der Waals surface area contributed by atoms with Gasteiger partial charge >= 0.3 is 12.1 Å². The number of anilines is 1. The predicted octanol–water partition coefficient (Wildman–Crippen LogP) is 2.38. The summed E-state index contributed by atoms with van der Waals surface area (Å²) >= 11 is 5.81. The van der Waals surface area contributed by atoms with Crippen LogP contribution in [-0.4, -0.2) is 35.8 Å². The van der Waals surface area contributed by atoms with Gasteiger partial charge in [0.2, 0.25) is 0 Å². The number of nitrogens with one attached hydrogen (secondary N) is 3. The van der Waals surface area contributed by atoms with E-state index in [2.05, 4.69) is 20.9 Å². The molecule has 0 radical (unpaired) electrons. The number of ether oxygens (including phenoxy) is 1. The third kappa shape index (κ3) is 7.36. The molecule has 8 heteroatoms. The number of urea groups is 1. The van der Waals surface area contributed by atoms with Crippen LogP contribution < -0.4 is 16.0 Å². The summed E-state index contributed by atoms with van der Waals surface area (Å²) in [5.74, 6) is 0. The number of carbonyl (C=O) groups is 2. The average molecular weight is 315 g/mol. The lowest BCUT2D eigenvalue weighted by atomic mass is 10.2. The van der Waals surface area contributed by atoms with Crippen molar-refractivity contribution in [3.05, 3.63) is 23.5 Å². The van der Waals surface area contributed by atoms with Crippen LogP contribution in [0.25, 0.3) is 0 Å². The minimum absolute atomic E-state index is 0.208. The van der Waals surface area contributed by atoms with Crippen molar-refractivity contribution in [3.63, 3.8) is 0 Å². The van der Waals surface area contributed by atoms with Gasteiger partial charge in [-0.3, -0.25) is 0 Å². The number of carbonyl (C=O) groups excluding carboxylic acids is 2. The van der Waals surface area contributed by atoms with Crippen molar-refractivity contribution < 1.29 is 14.3 Å². The van der Waals surface area contributed by atoms with Crippen LogP contribution in [0, 0.1) is 0 Å². The molecule has 116 valence electrons. The minimum atomic E-state index is -0.550. The lowest BCUT2D eigenvalue weighted by Crippen LogP contribution is -2.39. The van der Waals surface area contributed by atoms with Crippen LogP contribution in [-0.2, 0) is 4.74 Å². The zero-order valence-corrected chi connectivity index (χ0v) is 13.0. The van der Waals surface area contributed by atoms with E-state index >= 15 is 0 Å². The van der Waals surface area contributed by atoms with Crippen LogP contribution >= 0.6 is 11.6 Å². The van der Waals surface area contributed by atoms with Crippen molar-refractivity contribution >= 4 is 29.4 Å². The number of rotatable bonds is 4. The molecule has 1 aromatic heterocycles. The molecule has 0 fully saturated rings. The Morgan fingerprint density at radius 2 is 1.95 bits per heavy atom. The number of pyridine rings is 1. The summed E-state index contributed by atoms with van der Waals surface area (Å²) in [6, 6.07) is 2.86. The van der Waals surface area contributed by atoms with Crippen molar-refractivity contribution in [3.8, 4) is 0 Å². The van der Waals surface area contributed by atoms with Crippen LogP contribution in [0.5, 0.6) is 0 Å². The van der Waals surface area contributed by atoms with Crippen LogP contribution in [0.1, 0.15) is 20.8 Å². The highest BCUT2D eigenvalue weighted by atomic mass is 35.5. The van der Waals surface area contributed by atoms with E-state index < -0.39 is 17.7 Å². The molecule has 7 nitrogen and oxygen atoms in total. The molecule has 0 aliphatic carbocycles. The number of alkyl carbamates (subject to hydrolysis) is 1. The van der Waals surface area contributed by atoms with Gasteiger partial charge in [-0.05, 0) is 32.9 Å². The van der Waals surface area contributed by atoms with Crippen LogP contribution in [0.3, 0.4) is 0 Å². The molecular formula is C13H19ClN4O3. The molecular weight excluding hydrogens is 296 g/mol. The summed E-state index contributed by atoms with van der Waals surface area (Å²) in [6.07, 6.45) is 0.996. The van der Waals surface area contributed by atoms with E-state index in [9.17, 15) is 9.59 Å². The minimum Gasteiger partial charge on any atom is -0.444 e. The number of hydrogen-bond acceptors (Lipinski definition) is 4. The lowest BCUT2D eigenvalue weighted by molar-refractivity contribution is 0.0528. The van der Waals surface area contributed by atoms with Crippen molar-refractivity contribution in [2.45, 2.75) is 26.4 Å². The Kier molecular flexibility index (Phi) is 6.23. The fourth-order valence-corrected chi connectivity index (χ4v) is 1.47. The Hall–Kier alpha value is -2.02. The summed E-state index contributed by atoms with van der Waals surface area (Å²) in [5.41, 5.74) is -0.136. The monoisotopic (exact) mass is 314 g/mol. The Balaban J connectivity index is 2.23. The molecule has 3 amide bonds. The third-order valence-corrected chi connectivity index (χ3v) is 2.39. The molecule has 3 N–H and O–H groups in total. The smallest absolute Gasteiger partial charge is 0.407 e. The van der Waals surface area contributed by atoms with Crippen LogP contribution in [0.15, 0.2) is 18.3 Å². The second kappa shape index (κ2) is 7.68. The number of halogens is 1. The first-order valence-corrected chi connectivity index (χ1v) is 6.78. The molecule has 0 aromatic carbocycles. The lowest BCUT2D eigenvalue weighted by Gasteiger charge is -2.19. The fraction of sp³-hybridized carbons (Fsp3) is 0.462. The summed E-state index contributed by atoms with van der Waals surface area (Å²) in [6.45, 7) is 5.83. The molecule has 21 heavy (non-hydrogen) atoms. The Morgan fingerprint density at radius 3 is 2.57 bits per heavy atom. The van der Waals surface area contributed by atoms with Gasteiger partial charge in [-0.2, -0.15) is 0 Å². The number of aromatic nitrogens is 1.